The van der Waals surface area contributed by atoms with Gasteiger partial charge in [-0.2, -0.15) is 0 Å². The van der Waals surface area contributed by atoms with E-state index in [1.54, 1.807) is 37.3 Å². The van der Waals surface area contributed by atoms with Crippen LogP contribution in [0.4, 0.5) is 10.1 Å². The van der Waals surface area contributed by atoms with Crippen LogP contribution >= 0.6 is 0 Å². The molecular formula is C17H18FN3O4S. The Morgan fingerprint density at radius 2 is 1.81 bits per heavy atom. The van der Waals surface area contributed by atoms with Crippen molar-refractivity contribution in [3.05, 3.63) is 59.9 Å². The minimum Gasteiger partial charge on any atom is -0.349 e. The van der Waals surface area contributed by atoms with Gasteiger partial charge < -0.3 is 10.6 Å². The molecule has 0 aliphatic carbocycles. The molecule has 2 aromatic rings. The van der Waals surface area contributed by atoms with Crippen molar-refractivity contribution in [2.24, 2.45) is 5.14 Å². The molecule has 0 heterocycles. The number of halogens is 1. The van der Waals surface area contributed by atoms with Gasteiger partial charge in [-0.25, -0.2) is 17.9 Å². The molecule has 0 aromatic heterocycles. The highest BCUT2D eigenvalue weighted by atomic mass is 32.2. The number of benzene rings is 2. The number of carbonyl (C=O) groups is 2. The van der Waals surface area contributed by atoms with E-state index in [0.717, 1.165) is 18.2 Å². The SMILES string of the molecule is CC(CC(=O)Nc1cc(F)cc(S(N)(=O)=O)c1)NC(=O)c1ccccc1. The van der Waals surface area contributed by atoms with Gasteiger partial charge in [-0.05, 0) is 37.3 Å². The molecule has 4 N–H and O–H groups in total. The second-order valence-corrected chi connectivity index (χ2v) is 7.27. The van der Waals surface area contributed by atoms with E-state index < -0.39 is 32.7 Å². The van der Waals surface area contributed by atoms with Crippen molar-refractivity contribution in [3.8, 4) is 0 Å². The number of nitrogens with two attached hydrogens (primary N) is 1. The molecule has 0 aliphatic rings. The normalized spacial score (nSPS) is 12.3. The van der Waals surface area contributed by atoms with Gasteiger partial charge in [-0.1, -0.05) is 18.2 Å². The molecule has 2 amide bonds. The number of hydrogen-bond acceptors (Lipinski definition) is 4. The maximum atomic E-state index is 13.5. The van der Waals surface area contributed by atoms with Gasteiger partial charge in [0.1, 0.15) is 5.82 Å². The van der Waals surface area contributed by atoms with Crippen LogP contribution in [0, 0.1) is 5.82 Å². The highest BCUT2D eigenvalue weighted by molar-refractivity contribution is 7.89. The molecule has 9 heteroatoms. The largest absolute Gasteiger partial charge is 0.349 e. The van der Waals surface area contributed by atoms with E-state index in [1.165, 1.54) is 0 Å². The van der Waals surface area contributed by atoms with E-state index in [4.69, 9.17) is 5.14 Å². The predicted molar refractivity (Wildman–Crippen MR) is 94.4 cm³/mol. The summed E-state index contributed by atoms with van der Waals surface area (Å²) in [6, 6.07) is 10.8. The fourth-order valence-electron chi connectivity index (χ4n) is 2.24. The van der Waals surface area contributed by atoms with Crippen LogP contribution in [0.25, 0.3) is 0 Å². The number of anilines is 1. The quantitative estimate of drug-likeness (QED) is 0.707. The molecule has 1 atom stereocenters. The molecule has 0 radical (unpaired) electrons. The Morgan fingerprint density at radius 1 is 1.15 bits per heavy atom. The standard InChI is InChI=1S/C17H18FN3O4S/c1-11(20-17(23)12-5-3-2-4-6-12)7-16(22)21-14-8-13(18)9-15(10-14)26(19,24)25/h2-6,8-11H,7H2,1H3,(H,20,23)(H,21,22)(H2,19,24,25). The van der Waals surface area contributed by atoms with Crippen LogP contribution in [0.15, 0.2) is 53.4 Å². The lowest BCUT2D eigenvalue weighted by Crippen LogP contribution is -2.35. The first kappa shape index (κ1) is 19.5. The van der Waals surface area contributed by atoms with E-state index >= 15 is 0 Å². The third-order valence-electron chi connectivity index (χ3n) is 3.39. The Morgan fingerprint density at radius 3 is 2.42 bits per heavy atom. The van der Waals surface area contributed by atoms with E-state index in [-0.39, 0.29) is 18.0 Å². The summed E-state index contributed by atoms with van der Waals surface area (Å²) < 4.78 is 36.1. The van der Waals surface area contributed by atoms with Crippen LogP contribution in [-0.4, -0.2) is 26.3 Å². The number of primary sulfonamides is 1. The van der Waals surface area contributed by atoms with Crippen LogP contribution < -0.4 is 15.8 Å². The predicted octanol–water partition coefficient (Wildman–Crippen LogP) is 1.62. The summed E-state index contributed by atoms with van der Waals surface area (Å²) in [7, 11) is -4.10. The summed E-state index contributed by atoms with van der Waals surface area (Å²) in [4.78, 5) is 23.6. The summed E-state index contributed by atoms with van der Waals surface area (Å²) in [5.74, 6) is -1.69. The lowest BCUT2D eigenvalue weighted by molar-refractivity contribution is -0.116. The van der Waals surface area contributed by atoms with Gasteiger partial charge in [0.2, 0.25) is 15.9 Å². The Labute approximate surface area is 150 Å². The van der Waals surface area contributed by atoms with Gasteiger partial charge in [0, 0.05) is 23.7 Å². The molecular weight excluding hydrogens is 361 g/mol. The van der Waals surface area contributed by atoms with Crippen molar-refractivity contribution >= 4 is 27.5 Å². The van der Waals surface area contributed by atoms with Gasteiger partial charge in [-0.15, -0.1) is 0 Å². The number of nitrogens with one attached hydrogen (secondary N) is 2. The Hall–Kier alpha value is -2.78. The van der Waals surface area contributed by atoms with Gasteiger partial charge >= 0.3 is 0 Å². The average molecular weight is 379 g/mol. The first-order valence-electron chi connectivity index (χ1n) is 7.64. The zero-order chi connectivity index (χ0) is 19.3. The smallest absolute Gasteiger partial charge is 0.251 e. The summed E-state index contributed by atoms with van der Waals surface area (Å²) in [5, 5.41) is 10.0. The monoisotopic (exact) mass is 379 g/mol. The van der Waals surface area contributed by atoms with Crippen molar-refractivity contribution in [3.63, 3.8) is 0 Å². The highest BCUT2D eigenvalue weighted by Crippen LogP contribution is 2.17. The lowest BCUT2D eigenvalue weighted by Gasteiger charge is -2.14. The second kappa shape index (κ2) is 8.07. The van der Waals surface area contributed by atoms with E-state index in [0.29, 0.717) is 5.56 Å². The zero-order valence-electron chi connectivity index (χ0n) is 13.9. The maximum absolute atomic E-state index is 13.5. The average Bonchev–Trinajstić information content (AvgIpc) is 2.53. The van der Waals surface area contributed by atoms with Crippen LogP contribution in [0.1, 0.15) is 23.7 Å². The van der Waals surface area contributed by atoms with E-state index in [2.05, 4.69) is 10.6 Å². The zero-order valence-corrected chi connectivity index (χ0v) is 14.7. The van der Waals surface area contributed by atoms with Crippen molar-refractivity contribution < 1.29 is 22.4 Å². The summed E-state index contributed by atoms with van der Waals surface area (Å²) >= 11 is 0. The van der Waals surface area contributed by atoms with E-state index in [1.807, 2.05) is 0 Å². The summed E-state index contributed by atoms with van der Waals surface area (Å²) in [5.41, 5.74) is 0.420. The summed E-state index contributed by atoms with van der Waals surface area (Å²) in [6.45, 7) is 1.64. The molecule has 2 rings (SSSR count). The third kappa shape index (κ3) is 5.64. The van der Waals surface area contributed by atoms with Crippen molar-refractivity contribution in [1.29, 1.82) is 0 Å². The highest BCUT2D eigenvalue weighted by Gasteiger charge is 2.15. The molecule has 0 bridgehead atoms. The number of hydrogen-bond donors (Lipinski definition) is 3. The Bertz CT molecular complexity index is 917. The number of carbonyl (C=O) groups excluding carboxylic acids is 2. The molecule has 0 fully saturated rings. The first-order valence-corrected chi connectivity index (χ1v) is 9.19. The molecule has 26 heavy (non-hydrogen) atoms. The first-order chi connectivity index (χ1) is 12.1. The fourth-order valence-corrected chi connectivity index (χ4v) is 2.81. The third-order valence-corrected chi connectivity index (χ3v) is 4.28. The maximum Gasteiger partial charge on any atom is 0.251 e. The molecule has 0 aliphatic heterocycles. The van der Waals surface area contributed by atoms with Crippen molar-refractivity contribution in [2.45, 2.75) is 24.3 Å². The minimum atomic E-state index is -4.10. The van der Waals surface area contributed by atoms with Crippen LogP contribution in [0.3, 0.4) is 0 Å². The lowest BCUT2D eigenvalue weighted by atomic mass is 10.1. The Balaban J connectivity index is 1.98. The van der Waals surface area contributed by atoms with Gasteiger partial charge in [-0.3, -0.25) is 9.59 Å². The van der Waals surface area contributed by atoms with Gasteiger partial charge in [0.25, 0.3) is 5.91 Å². The topological polar surface area (TPSA) is 118 Å². The number of sulfonamides is 1. The minimum absolute atomic E-state index is 0.0411. The molecule has 138 valence electrons. The Kier molecular flexibility index (Phi) is 6.06. The number of rotatable bonds is 6. The van der Waals surface area contributed by atoms with Crippen LogP contribution in [0.5, 0.6) is 0 Å². The molecule has 0 saturated carbocycles. The summed E-state index contributed by atoms with van der Waals surface area (Å²) in [6.07, 6.45) is -0.0835. The van der Waals surface area contributed by atoms with Crippen molar-refractivity contribution in [2.75, 3.05) is 5.32 Å². The molecule has 0 spiro atoms. The number of amides is 2. The molecule has 7 nitrogen and oxygen atoms in total. The van der Waals surface area contributed by atoms with Crippen LogP contribution in [0.2, 0.25) is 0 Å². The second-order valence-electron chi connectivity index (χ2n) is 5.71. The van der Waals surface area contributed by atoms with Gasteiger partial charge in [0.05, 0.1) is 4.90 Å². The molecule has 1 unspecified atom stereocenters. The van der Waals surface area contributed by atoms with Gasteiger partial charge in [0.15, 0.2) is 0 Å². The molecule has 2 aromatic carbocycles. The molecule has 0 saturated heterocycles. The van der Waals surface area contributed by atoms with Crippen LogP contribution in [-0.2, 0) is 14.8 Å². The van der Waals surface area contributed by atoms with Crippen molar-refractivity contribution in [1.82, 2.24) is 5.32 Å². The van der Waals surface area contributed by atoms with E-state index in [9.17, 15) is 22.4 Å². The fraction of sp³-hybridized carbons (Fsp3) is 0.176.